The fourth-order valence-electron chi connectivity index (χ4n) is 3.27. The number of nitrogens with zero attached hydrogens (tertiary/aromatic N) is 2. The van der Waals surface area contributed by atoms with Crippen molar-refractivity contribution in [2.24, 2.45) is 0 Å². The van der Waals surface area contributed by atoms with E-state index < -0.39 is 0 Å². The van der Waals surface area contributed by atoms with E-state index in [4.69, 9.17) is 15.2 Å². The number of rotatable bonds is 4. The average Bonchev–Trinajstić information content (AvgIpc) is 3.07. The third-order valence-electron chi connectivity index (χ3n) is 4.27. The van der Waals surface area contributed by atoms with E-state index >= 15 is 0 Å². The van der Waals surface area contributed by atoms with Crippen LogP contribution in [0, 0.1) is 0 Å². The first-order valence-electron chi connectivity index (χ1n) is 7.11. The Balaban J connectivity index is 2.16. The van der Waals surface area contributed by atoms with Crippen molar-refractivity contribution < 1.29 is 9.47 Å². The van der Waals surface area contributed by atoms with E-state index in [1.165, 1.54) is 12.8 Å². The van der Waals surface area contributed by atoms with Crippen LogP contribution in [0.5, 0.6) is 11.5 Å². The van der Waals surface area contributed by atoms with Crippen LogP contribution in [0.1, 0.15) is 25.3 Å². The number of benzene rings is 1. The Hall–Kier alpha value is -1.56. The van der Waals surface area contributed by atoms with Gasteiger partial charge in [0.15, 0.2) is 11.5 Å². The summed E-state index contributed by atoms with van der Waals surface area (Å²) in [7, 11) is 3.28. The minimum Gasteiger partial charge on any atom is -0.493 e. The monoisotopic (exact) mass is 307 g/mol. The Labute approximate surface area is 128 Å². The molecule has 1 aromatic heterocycles. The molecular formula is C15H21N3O2S. The van der Waals surface area contributed by atoms with Gasteiger partial charge in [0.05, 0.1) is 25.3 Å². The van der Waals surface area contributed by atoms with E-state index in [-0.39, 0.29) is 0 Å². The molecule has 0 radical (unpaired) electrons. The van der Waals surface area contributed by atoms with Gasteiger partial charge in [-0.2, -0.15) is 11.8 Å². The molecule has 0 bridgehead atoms. The van der Waals surface area contributed by atoms with Gasteiger partial charge in [0.25, 0.3) is 0 Å². The minimum atomic E-state index is 0.406. The van der Waals surface area contributed by atoms with Crippen LogP contribution in [0.2, 0.25) is 0 Å². The lowest BCUT2D eigenvalue weighted by Crippen LogP contribution is -2.17. The first-order chi connectivity index (χ1) is 10.2. The minimum absolute atomic E-state index is 0.406. The summed E-state index contributed by atoms with van der Waals surface area (Å²) in [5, 5.41) is 0.595. The molecule has 2 aromatic rings. The Kier molecular flexibility index (Phi) is 3.89. The summed E-state index contributed by atoms with van der Waals surface area (Å²) in [6.45, 7) is 0. The molecule has 1 saturated carbocycles. The predicted molar refractivity (Wildman–Crippen MR) is 87.4 cm³/mol. The summed E-state index contributed by atoms with van der Waals surface area (Å²) in [4.78, 5) is 4.51. The predicted octanol–water partition coefficient (Wildman–Crippen LogP) is 3.09. The lowest BCUT2D eigenvalue weighted by atomic mass is 10.2. The smallest absolute Gasteiger partial charge is 0.201 e. The molecule has 3 rings (SSSR count). The molecule has 2 N–H and O–H groups in total. The molecular weight excluding hydrogens is 286 g/mol. The maximum atomic E-state index is 6.19. The molecule has 1 aliphatic carbocycles. The molecule has 2 atom stereocenters. The fraction of sp³-hybridized carbons (Fsp3) is 0.533. The largest absolute Gasteiger partial charge is 0.493 e. The molecule has 114 valence electrons. The third kappa shape index (κ3) is 2.31. The van der Waals surface area contributed by atoms with Gasteiger partial charge in [0.1, 0.15) is 0 Å². The number of imidazole rings is 1. The number of thioether (sulfide) groups is 1. The van der Waals surface area contributed by atoms with Crippen LogP contribution in [-0.4, -0.2) is 35.3 Å². The maximum absolute atomic E-state index is 6.19. The summed E-state index contributed by atoms with van der Waals surface area (Å²) in [5.74, 6) is 1.97. The average molecular weight is 307 g/mol. The second kappa shape index (κ2) is 5.67. The number of ether oxygens (including phenoxy) is 2. The van der Waals surface area contributed by atoms with Crippen LogP contribution in [0.25, 0.3) is 11.0 Å². The van der Waals surface area contributed by atoms with Gasteiger partial charge in [-0.1, -0.05) is 6.42 Å². The van der Waals surface area contributed by atoms with Crippen molar-refractivity contribution in [3.63, 3.8) is 0 Å². The van der Waals surface area contributed by atoms with Crippen molar-refractivity contribution in [3.8, 4) is 11.5 Å². The van der Waals surface area contributed by atoms with Gasteiger partial charge in [0, 0.05) is 23.4 Å². The number of hydrogen-bond acceptors (Lipinski definition) is 5. The molecule has 1 aromatic carbocycles. The molecule has 0 spiro atoms. The summed E-state index contributed by atoms with van der Waals surface area (Å²) in [6.07, 6.45) is 5.79. The quantitative estimate of drug-likeness (QED) is 0.940. The van der Waals surface area contributed by atoms with Gasteiger partial charge in [-0.15, -0.1) is 0 Å². The Bertz CT molecular complexity index is 656. The van der Waals surface area contributed by atoms with Crippen LogP contribution < -0.4 is 15.2 Å². The highest BCUT2D eigenvalue weighted by atomic mass is 32.2. The Morgan fingerprint density at radius 3 is 2.62 bits per heavy atom. The van der Waals surface area contributed by atoms with Gasteiger partial charge in [-0.25, -0.2) is 4.98 Å². The molecule has 0 amide bonds. The van der Waals surface area contributed by atoms with Crippen LogP contribution in [0.15, 0.2) is 12.1 Å². The summed E-state index contributed by atoms with van der Waals surface area (Å²) < 4.78 is 12.9. The maximum Gasteiger partial charge on any atom is 0.201 e. The highest BCUT2D eigenvalue weighted by Gasteiger charge is 2.31. The zero-order valence-corrected chi connectivity index (χ0v) is 13.4. The highest BCUT2D eigenvalue weighted by molar-refractivity contribution is 7.99. The summed E-state index contributed by atoms with van der Waals surface area (Å²) >= 11 is 1.91. The number of methoxy groups -OCH3 is 2. The molecule has 6 heteroatoms. The number of hydrogen-bond donors (Lipinski definition) is 1. The molecule has 21 heavy (non-hydrogen) atoms. The van der Waals surface area contributed by atoms with Crippen molar-refractivity contribution >= 4 is 28.7 Å². The van der Waals surface area contributed by atoms with E-state index in [1.807, 2.05) is 23.9 Å². The molecule has 5 nitrogen and oxygen atoms in total. The van der Waals surface area contributed by atoms with E-state index in [0.29, 0.717) is 28.7 Å². The molecule has 0 aliphatic heterocycles. The fourth-order valence-corrected chi connectivity index (χ4v) is 4.24. The van der Waals surface area contributed by atoms with Crippen LogP contribution in [-0.2, 0) is 0 Å². The Morgan fingerprint density at radius 1 is 1.24 bits per heavy atom. The first-order valence-corrected chi connectivity index (χ1v) is 8.40. The number of nitrogens with two attached hydrogens (primary N) is 1. The molecule has 2 unspecified atom stereocenters. The second-order valence-electron chi connectivity index (χ2n) is 5.31. The van der Waals surface area contributed by atoms with E-state index in [2.05, 4.69) is 15.8 Å². The topological polar surface area (TPSA) is 62.3 Å². The second-order valence-corrected chi connectivity index (χ2v) is 6.39. The SMILES string of the molecule is COc1cc2nc(N)n(C3CCCC3SC)c2cc1OC. The highest BCUT2D eigenvalue weighted by Crippen LogP contribution is 2.42. The zero-order chi connectivity index (χ0) is 15.0. The lowest BCUT2D eigenvalue weighted by Gasteiger charge is -2.21. The summed E-state index contributed by atoms with van der Waals surface area (Å²) in [6, 6.07) is 4.28. The van der Waals surface area contributed by atoms with Crippen LogP contribution in [0.4, 0.5) is 5.95 Å². The van der Waals surface area contributed by atoms with Crippen molar-refractivity contribution in [1.82, 2.24) is 9.55 Å². The van der Waals surface area contributed by atoms with E-state index in [1.54, 1.807) is 14.2 Å². The lowest BCUT2D eigenvalue weighted by molar-refractivity contribution is 0.355. The third-order valence-corrected chi connectivity index (χ3v) is 5.43. The number of fused-ring (bicyclic) bond motifs is 1. The number of anilines is 1. The van der Waals surface area contributed by atoms with Crippen molar-refractivity contribution in [3.05, 3.63) is 12.1 Å². The van der Waals surface area contributed by atoms with Crippen molar-refractivity contribution in [2.45, 2.75) is 30.6 Å². The molecule has 0 saturated heterocycles. The van der Waals surface area contributed by atoms with E-state index in [9.17, 15) is 0 Å². The number of nitrogen functional groups attached to an aromatic ring is 1. The van der Waals surface area contributed by atoms with Crippen LogP contribution >= 0.6 is 11.8 Å². The molecule has 1 fully saturated rings. The van der Waals surface area contributed by atoms with Gasteiger partial charge >= 0.3 is 0 Å². The van der Waals surface area contributed by atoms with Crippen molar-refractivity contribution in [1.29, 1.82) is 0 Å². The zero-order valence-electron chi connectivity index (χ0n) is 12.6. The first kappa shape index (κ1) is 14.4. The van der Waals surface area contributed by atoms with Gasteiger partial charge in [0.2, 0.25) is 5.95 Å². The van der Waals surface area contributed by atoms with Crippen molar-refractivity contribution in [2.75, 3.05) is 26.2 Å². The van der Waals surface area contributed by atoms with E-state index in [0.717, 1.165) is 17.5 Å². The molecule has 1 aliphatic rings. The standard InChI is InChI=1S/C15H21N3O2S/c1-19-12-7-9-11(8-13(12)20-2)18(15(16)17-9)10-5-4-6-14(10)21-3/h7-8,10,14H,4-6H2,1-3H3,(H2,16,17). The number of aromatic nitrogens is 2. The van der Waals surface area contributed by atoms with Crippen LogP contribution in [0.3, 0.4) is 0 Å². The van der Waals surface area contributed by atoms with Gasteiger partial charge in [-0.05, 0) is 19.1 Å². The normalized spacial score (nSPS) is 21.9. The van der Waals surface area contributed by atoms with Gasteiger partial charge in [-0.3, -0.25) is 0 Å². The van der Waals surface area contributed by atoms with Gasteiger partial charge < -0.3 is 19.8 Å². The Morgan fingerprint density at radius 2 is 1.95 bits per heavy atom. The summed E-state index contributed by atoms with van der Waals surface area (Å²) in [5.41, 5.74) is 8.08. The molecule has 1 heterocycles.